The van der Waals surface area contributed by atoms with Crippen molar-refractivity contribution in [3.63, 3.8) is 0 Å². The monoisotopic (exact) mass is 646 g/mol. The Kier molecular flexibility index (Phi) is 10.6. The highest BCUT2D eigenvalue weighted by atomic mass is 28.4. The second kappa shape index (κ2) is 14.1. The fourth-order valence-corrected chi connectivity index (χ4v) is 5.81. The van der Waals surface area contributed by atoms with Gasteiger partial charge in [0.1, 0.15) is 24.4 Å². The molecular weight excluding hydrogens is 600 g/mol. The van der Waals surface area contributed by atoms with Gasteiger partial charge in [-0.3, -0.25) is 0 Å². The van der Waals surface area contributed by atoms with Crippen molar-refractivity contribution in [2.75, 3.05) is 13.2 Å². The minimum Gasteiger partial charge on any atom is -0.491 e. The number of carbonyl (C=O) groups excluding carboxylic acids is 1. The fraction of sp³-hybridized carbons (Fsp3) is 0.471. The van der Waals surface area contributed by atoms with E-state index in [-0.39, 0.29) is 29.9 Å². The Hall–Kier alpha value is -4.16. The highest BCUT2D eigenvalue weighted by molar-refractivity contribution is 6.74. The molecule has 12 heteroatoms. The molecule has 1 amide bonds. The van der Waals surface area contributed by atoms with E-state index in [1.54, 1.807) is 12.4 Å². The summed E-state index contributed by atoms with van der Waals surface area (Å²) >= 11 is 0. The zero-order valence-electron chi connectivity index (χ0n) is 28.6. The Morgan fingerprint density at radius 2 is 1.67 bits per heavy atom. The lowest BCUT2D eigenvalue weighted by molar-refractivity contribution is 0.0766. The summed E-state index contributed by atoms with van der Waals surface area (Å²) in [6.07, 6.45) is 4.68. The minimum atomic E-state index is -2.14. The molecule has 1 unspecified atom stereocenters. The first-order valence-electron chi connectivity index (χ1n) is 15.5. The zero-order valence-corrected chi connectivity index (χ0v) is 29.6. The number of amides is 1. The van der Waals surface area contributed by atoms with E-state index in [4.69, 9.17) is 28.4 Å². The van der Waals surface area contributed by atoms with Crippen LogP contribution in [0.25, 0.3) is 33.9 Å². The standard InChI is InChI=1S/C34H46N6O5Si/c1-22-30(23(2)44-40-22)29-17-28(25-18-35-21-36-19-25)37-31(38-29)24-12-11-13-26(16-24)43-20-27(45-46(9,10)34(6,7)8)14-15-42-32(41)39-33(3,4)5/h11-13,16-19,21,27H,14-15,20H2,1-10H3,(H,39,41). The SMILES string of the molecule is Cc1noc(C)c1-c1cc(-c2cncnc2)nc(-c2cccc(OCC(CCOC(=O)NC(C)(C)C)O[Si](C)(C)C(C)(C)C)c2)n1. The number of aryl methyl sites for hydroxylation is 2. The fourth-order valence-electron chi connectivity index (χ4n) is 4.44. The molecule has 11 nitrogen and oxygen atoms in total. The quantitative estimate of drug-likeness (QED) is 0.163. The summed E-state index contributed by atoms with van der Waals surface area (Å²) < 4.78 is 24.0. The predicted molar refractivity (Wildman–Crippen MR) is 180 cm³/mol. The smallest absolute Gasteiger partial charge is 0.407 e. The number of hydrogen-bond donors (Lipinski definition) is 1. The van der Waals surface area contributed by atoms with Crippen LogP contribution in [-0.4, -0.2) is 64.4 Å². The minimum absolute atomic E-state index is 0.000699. The summed E-state index contributed by atoms with van der Waals surface area (Å²) in [5.41, 5.74) is 4.06. The molecule has 46 heavy (non-hydrogen) atoms. The number of rotatable bonds is 11. The third kappa shape index (κ3) is 9.20. The van der Waals surface area contributed by atoms with E-state index in [2.05, 4.69) is 54.3 Å². The summed E-state index contributed by atoms with van der Waals surface area (Å²) in [7, 11) is -2.14. The molecule has 0 fully saturated rings. The molecule has 0 aliphatic carbocycles. The molecule has 246 valence electrons. The van der Waals surface area contributed by atoms with Gasteiger partial charge in [-0.1, -0.05) is 38.1 Å². The normalized spacial score (nSPS) is 12.9. The van der Waals surface area contributed by atoms with Gasteiger partial charge in [0.05, 0.1) is 35.4 Å². The van der Waals surface area contributed by atoms with Gasteiger partial charge < -0.3 is 23.7 Å². The maximum atomic E-state index is 12.3. The summed E-state index contributed by atoms with van der Waals surface area (Å²) in [6, 6.07) is 9.54. The second-order valence-corrected chi connectivity index (χ2v) is 18.7. The molecule has 1 aromatic carbocycles. The zero-order chi connectivity index (χ0) is 33.7. The molecule has 1 N–H and O–H groups in total. The van der Waals surface area contributed by atoms with Gasteiger partial charge in [-0.25, -0.2) is 24.7 Å². The Labute approximate surface area is 272 Å². The number of nitrogens with one attached hydrogen (secondary N) is 1. The highest BCUT2D eigenvalue weighted by Gasteiger charge is 2.39. The van der Waals surface area contributed by atoms with Crippen molar-refractivity contribution in [3.05, 3.63) is 60.5 Å². The Morgan fingerprint density at radius 3 is 2.30 bits per heavy atom. The predicted octanol–water partition coefficient (Wildman–Crippen LogP) is 7.56. The lowest BCUT2D eigenvalue weighted by atomic mass is 10.1. The van der Waals surface area contributed by atoms with Gasteiger partial charge >= 0.3 is 6.09 Å². The summed E-state index contributed by atoms with van der Waals surface area (Å²) in [5, 5.41) is 6.95. The first kappa shape index (κ1) is 34.7. The van der Waals surface area contributed by atoms with Crippen molar-refractivity contribution in [3.8, 4) is 39.7 Å². The Bertz CT molecular complexity index is 1610. The van der Waals surface area contributed by atoms with Crippen molar-refractivity contribution in [1.29, 1.82) is 0 Å². The Balaban J connectivity index is 1.58. The lowest BCUT2D eigenvalue weighted by Gasteiger charge is -2.39. The van der Waals surface area contributed by atoms with Crippen molar-refractivity contribution >= 4 is 14.4 Å². The third-order valence-electron chi connectivity index (χ3n) is 7.82. The van der Waals surface area contributed by atoms with Crippen molar-refractivity contribution in [1.82, 2.24) is 30.4 Å². The summed E-state index contributed by atoms with van der Waals surface area (Å²) in [6.45, 7) is 21.0. The van der Waals surface area contributed by atoms with Crippen LogP contribution in [0.2, 0.25) is 18.1 Å². The van der Waals surface area contributed by atoms with Crippen LogP contribution in [0.4, 0.5) is 4.79 Å². The Morgan fingerprint density at radius 1 is 0.978 bits per heavy atom. The topological polar surface area (TPSA) is 134 Å². The van der Waals surface area contributed by atoms with Gasteiger partial charge in [-0.2, -0.15) is 0 Å². The van der Waals surface area contributed by atoms with E-state index >= 15 is 0 Å². The van der Waals surface area contributed by atoms with Crippen LogP contribution in [0.3, 0.4) is 0 Å². The van der Waals surface area contributed by atoms with Gasteiger partial charge in [0.15, 0.2) is 14.1 Å². The molecule has 0 bridgehead atoms. The van der Waals surface area contributed by atoms with Gasteiger partial charge in [0.25, 0.3) is 0 Å². The number of carbonyl (C=O) groups is 1. The molecule has 3 aromatic heterocycles. The molecule has 0 aliphatic rings. The van der Waals surface area contributed by atoms with Crippen molar-refractivity contribution in [2.45, 2.75) is 91.6 Å². The van der Waals surface area contributed by atoms with E-state index in [1.165, 1.54) is 6.33 Å². The first-order chi connectivity index (χ1) is 21.5. The number of benzene rings is 1. The van der Waals surface area contributed by atoms with Crippen LogP contribution in [0.1, 0.15) is 59.4 Å². The van der Waals surface area contributed by atoms with Gasteiger partial charge in [0, 0.05) is 35.5 Å². The molecule has 0 aliphatic heterocycles. The molecule has 0 saturated carbocycles. The molecule has 3 heterocycles. The van der Waals surface area contributed by atoms with Crippen molar-refractivity contribution < 1.29 is 23.2 Å². The molecule has 4 aromatic rings. The van der Waals surface area contributed by atoms with Crippen LogP contribution < -0.4 is 10.1 Å². The van der Waals surface area contributed by atoms with E-state index < -0.39 is 14.4 Å². The van der Waals surface area contributed by atoms with Crippen LogP contribution >= 0.6 is 0 Å². The van der Waals surface area contributed by atoms with E-state index in [9.17, 15) is 4.79 Å². The largest absolute Gasteiger partial charge is 0.491 e. The van der Waals surface area contributed by atoms with Gasteiger partial charge in [0.2, 0.25) is 0 Å². The average molecular weight is 647 g/mol. The molecule has 1 atom stereocenters. The van der Waals surface area contributed by atoms with Crippen LogP contribution in [0, 0.1) is 13.8 Å². The highest BCUT2D eigenvalue weighted by Crippen LogP contribution is 2.38. The molecule has 0 saturated heterocycles. The number of aromatic nitrogens is 5. The van der Waals surface area contributed by atoms with E-state index in [1.807, 2.05) is 65.0 Å². The van der Waals surface area contributed by atoms with E-state index in [0.717, 1.165) is 22.4 Å². The van der Waals surface area contributed by atoms with Gasteiger partial charge in [-0.15, -0.1) is 0 Å². The molecular formula is C34H46N6O5Si. The third-order valence-corrected chi connectivity index (χ3v) is 12.4. The number of alkyl carbamates (subject to hydrolysis) is 1. The van der Waals surface area contributed by atoms with Crippen molar-refractivity contribution in [2.24, 2.45) is 0 Å². The lowest BCUT2D eigenvalue weighted by Crippen LogP contribution is -2.46. The average Bonchev–Trinajstić information content (AvgIpc) is 3.32. The van der Waals surface area contributed by atoms with Crippen LogP contribution in [0.15, 0.2) is 53.6 Å². The van der Waals surface area contributed by atoms with Gasteiger partial charge in [-0.05, 0) is 71.0 Å². The number of ether oxygens (including phenoxy) is 2. The first-order valence-corrected chi connectivity index (χ1v) is 18.4. The molecule has 0 spiro atoms. The number of hydrogen-bond acceptors (Lipinski definition) is 10. The van der Waals surface area contributed by atoms with Crippen LogP contribution in [-0.2, 0) is 9.16 Å². The summed E-state index contributed by atoms with van der Waals surface area (Å²) in [4.78, 5) is 30.4. The number of nitrogens with zero attached hydrogens (tertiary/aromatic N) is 5. The molecule has 0 radical (unpaired) electrons. The van der Waals surface area contributed by atoms with E-state index in [0.29, 0.717) is 35.1 Å². The summed E-state index contributed by atoms with van der Waals surface area (Å²) in [5.74, 6) is 1.82. The maximum Gasteiger partial charge on any atom is 0.407 e. The maximum absolute atomic E-state index is 12.3. The van der Waals surface area contributed by atoms with Crippen LogP contribution in [0.5, 0.6) is 5.75 Å². The molecule has 4 rings (SSSR count). The second-order valence-electron chi connectivity index (χ2n) is 13.9.